The number of aromatic nitrogens is 2. The zero-order valence-corrected chi connectivity index (χ0v) is 10.3. The number of hydrogen-bond donors (Lipinski definition) is 1. The van der Waals surface area contributed by atoms with Crippen LogP contribution in [0, 0.1) is 10.1 Å². The van der Waals surface area contributed by atoms with E-state index >= 15 is 0 Å². The smallest absolute Gasteiger partial charge is 0.358 e. The molecule has 1 saturated heterocycles. The maximum absolute atomic E-state index is 11.0. The molecular weight excluding hydrogens is 222 g/mol. The molecule has 0 bridgehead atoms. The molecule has 1 aromatic rings. The summed E-state index contributed by atoms with van der Waals surface area (Å²) in [6, 6.07) is 0. The van der Waals surface area contributed by atoms with Gasteiger partial charge in [0.15, 0.2) is 0 Å². The summed E-state index contributed by atoms with van der Waals surface area (Å²) < 4.78 is 1.71. The summed E-state index contributed by atoms with van der Waals surface area (Å²) in [5.41, 5.74) is -0.156. The van der Waals surface area contributed by atoms with Crippen molar-refractivity contribution in [2.75, 3.05) is 24.5 Å². The minimum Gasteiger partial charge on any atom is -0.358 e. The van der Waals surface area contributed by atoms with Crippen LogP contribution in [-0.2, 0) is 7.05 Å². The second-order valence-corrected chi connectivity index (χ2v) is 4.90. The number of rotatable bonds is 2. The van der Waals surface area contributed by atoms with E-state index in [0.29, 0.717) is 5.82 Å². The molecule has 1 fully saturated rings. The van der Waals surface area contributed by atoms with Crippen molar-refractivity contribution >= 4 is 11.6 Å². The number of anilines is 1. The van der Waals surface area contributed by atoms with Crippen molar-refractivity contribution in [2.45, 2.75) is 19.4 Å². The standard InChI is InChI=1S/C10H17N5O2/c1-10(2)6-11-4-5-14(10)9-8(15(16)17)12-7-13(9)3/h7,11H,4-6H2,1-3H3. The third-order valence-electron chi connectivity index (χ3n) is 3.12. The summed E-state index contributed by atoms with van der Waals surface area (Å²) in [7, 11) is 1.79. The van der Waals surface area contributed by atoms with E-state index in [1.54, 1.807) is 11.6 Å². The van der Waals surface area contributed by atoms with Crippen molar-refractivity contribution in [3.05, 3.63) is 16.4 Å². The quantitative estimate of drug-likeness (QED) is 0.601. The van der Waals surface area contributed by atoms with Crippen LogP contribution in [0.4, 0.5) is 11.6 Å². The number of imidazole rings is 1. The molecule has 0 spiro atoms. The summed E-state index contributed by atoms with van der Waals surface area (Å²) in [4.78, 5) is 16.5. The molecule has 2 rings (SSSR count). The van der Waals surface area contributed by atoms with Gasteiger partial charge in [0.25, 0.3) is 0 Å². The Labute approximate surface area is 99.6 Å². The van der Waals surface area contributed by atoms with Crippen LogP contribution < -0.4 is 10.2 Å². The molecule has 1 aliphatic heterocycles. The van der Waals surface area contributed by atoms with E-state index < -0.39 is 4.92 Å². The number of nitrogens with zero attached hydrogens (tertiary/aromatic N) is 4. The molecular formula is C10H17N5O2. The van der Waals surface area contributed by atoms with Gasteiger partial charge in [0, 0.05) is 32.2 Å². The molecule has 0 atom stereocenters. The van der Waals surface area contributed by atoms with Crippen LogP contribution in [0.3, 0.4) is 0 Å². The maximum Gasteiger partial charge on any atom is 0.406 e. The molecule has 0 aromatic carbocycles. The summed E-state index contributed by atoms with van der Waals surface area (Å²) in [5, 5.41) is 14.3. The van der Waals surface area contributed by atoms with E-state index in [1.807, 2.05) is 0 Å². The van der Waals surface area contributed by atoms with E-state index in [9.17, 15) is 10.1 Å². The van der Waals surface area contributed by atoms with Gasteiger partial charge >= 0.3 is 5.82 Å². The predicted molar refractivity (Wildman–Crippen MR) is 64.2 cm³/mol. The lowest BCUT2D eigenvalue weighted by Crippen LogP contribution is -2.58. The van der Waals surface area contributed by atoms with Gasteiger partial charge in [-0.3, -0.25) is 4.57 Å². The average Bonchev–Trinajstić information content (AvgIpc) is 2.60. The zero-order valence-electron chi connectivity index (χ0n) is 10.3. The number of nitro groups is 1. The second-order valence-electron chi connectivity index (χ2n) is 4.90. The molecule has 1 N–H and O–H groups in total. The lowest BCUT2D eigenvalue weighted by molar-refractivity contribution is -0.388. The Morgan fingerprint density at radius 2 is 2.29 bits per heavy atom. The van der Waals surface area contributed by atoms with E-state index in [2.05, 4.69) is 29.0 Å². The summed E-state index contributed by atoms with van der Waals surface area (Å²) >= 11 is 0. The fraction of sp³-hybridized carbons (Fsp3) is 0.700. The fourth-order valence-corrected chi connectivity index (χ4v) is 2.23. The molecule has 0 unspecified atom stereocenters. The normalized spacial score (nSPS) is 19.4. The van der Waals surface area contributed by atoms with Crippen molar-refractivity contribution in [1.29, 1.82) is 0 Å². The largest absolute Gasteiger partial charge is 0.406 e. The first-order chi connectivity index (χ1) is 7.93. The molecule has 0 aliphatic carbocycles. The Morgan fingerprint density at radius 3 is 2.88 bits per heavy atom. The third-order valence-corrected chi connectivity index (χ3v) is 3.12. The van der Waals surface area contributed by atoms with Crippen molar-refractivity contribution in [3.8, 4) is 0 Å². The van der Waals surface area contributed by atoms with E-state index in [0.717, 1.165) is 19.6 Å². The molecule has 94 valence electrons. The zero-order chi connectivity index (χ0) is 12.6. The molecule has 2 heterocycles. The average molecular weight is 239 g/mol. The van der Waals surface area contributed by atoms with Gasteiger partial charge in [0.1, 0.15) is 0 Å². The highest BCUT2D eigenvalue weighted by molar-refractivity contribution is 5.57. The Kier molecular flexibility index (Phi) is 2.78. The van der Waals surface area contributed by atoms with Gasteiger partial charge in [-0.1, -0.05) is 0 Å². The number of nitrogens with one attached hydrogen (secondary N) is 1. The van der Waals surface area contributed by atoms with E-state index in [1.165, 1.54) is 6.33 Å². The van der Waals surface area contributed by atoms with Crippen molar-refractivity contribution < 1.29 is 4.92 Å². The van der Waals surface area contributed by atoms with E-state index in [-0.39, 0.29) is 11.4 Å². The SMILES string of the molecule is Cn1cnc([N+](=O)[O-])c1N1CCNCC1(C)C. The van der Waals surface area contributed by atoms with Gasteiger partial charge < -0.3 is 20.3 Å². The van der Waals surface area contributed by atoms with Gasteiger partial charge in [0.05, 0.1) is 0 Å². The van der Waals surface area contributed by atoms with Gasteiger partial charge in [0.2, 0.25) is 12.1 Å². The van der Waals surface area contributed by atoms with Crippen LogP contribution in [0.2, 0.25) is 0 Å². The first kappa shape index (κ1) is 11.8. The lowest BCUT2D eigenvalue weighted by Gasteiger charge is -2.43. The topological polar surface area (TPSA) is 76.2 Å². The summed E-state index contributed by atoms with van der Waals surface area (Å²) in [5.74, 6) is 0.518. The summed E-state index contributed by atoms with van der Waals surface area (Å²) in [6.45, 7) is 6.50. The minimum absolute atomic E-state index is 0.0672. The molecule has 7 heteroatoms. The first-order valence-corrected chi connectivity index (χ1v) is 5.57. The second kappa shape index (κ2) is 3.99. The lowest BCUT2D eigenvalue weighted by atomic mass is 10.0. The van der Waals surface area contributed by atoms with Crippen LogP contribution in [0.15, 0.2) is 6.33 Å². The van der Waals surface area contributed by atoms with Gasteiger partial charge in [-0.05, 0) is 23.8 Å². The number of aryl methyl sites for hydroxylation is 1. The highest BCUT2D eigenvalue weighted by Crippen LogP contribution is 2.31. The number of hydrogen-bond acceptors (Lipinski definition) is 5. The van der Waals surface area contributed by atoms with Crippen molar-refractivity contribution in [2.24, 2.45) is 7.05 Å². The van der Waals surface area contributed by atoms with Crippen LogP contribution in [0.1, 0.15) is 13.8 Å². The Morgan fingerprint density at radius 1 is 1.59 bits per heavy atom. The van der Waals surface area contributed by atoms with Crippen LogP contribution >= 0.6 is 0 Å². The van der Waals surface area contributed by atoms with Gasteiger partial charge in [-0.25, -0.2) is 0 Å². The summed E-state index contributed by atoms with van der Waals surface area (Å²) in [6.07, 6.45) is 1.49. The molecule has 1 aromatic heterocycles. The molecule has 0 radical (unpaired) electrons. The third kappa shape index (κ3) is 1.97. The van der Waals surface area contributed by atoms with Crippen molar-refractivity contribution in [1.82, 2.24) is 14.9 Å². The molecule has 0 saturated carbocycles. The van der Waals surface area contributed by atoms with Crippen LogP contribution in [0.25, 0.3) is 0 Å². The van der Waals surface area contributed by atoms with Crippen LogP contribution in [0.5, 0.6) is 0 Å². The first-order valence-electron chi connectivity index (χ1n) is 5.57. The minimum atomic E-state index is -0.423. The Bertz CT molecular complexity index is 440. The highest BCUT2D eigenvalue weighted by atomic mass is 16.6. The molecule has 1 aliphatic rings. The number of piperazine rings is 1. The molecule has 7 nitrogen and oxygen atoms in total. The van der Waals surface area contributed by atoms with Crippen molar-refractivity contribution in [3.63, 3.8) is 0 Å². The Hall–Kier alpha value is -1.63. The molecule has 17 heavy (non-hydrogen) atoms. The van der Waals surface area contributed by atoms with Gasteiger partial charge in [-0.15, -0.1) is 0 Å². The predicted octanol–water partition coefficient (Wildman–Crippen LogP) is 0.516. The van der Waals surface area contributed by atoms with Crippen LogP contribution in [-0.4, -0.2) is 39.6 Å². The highest BCUT2D eigenvalue weighted by Gasteiger charge is 2.36. The molecule has 0 amide bonds. The van der Waals surface area contributed by atoms with Gasteiger partial charge in [-0.2, -0.15) is 0 Å². The maximum atomic E-state index is 11.0. The van der Waals surface area contributed by atoms with E-state index in [4.69, 9.17) is 0 Å². The Balaban J connectivity index is 2.45. The monoisotopic (exact) mass is 239 g/mol. The fourth-order valence-electron chi connectivity index (χ4n) is 2.23.